The summed E-state index contributed by atoms with van der Waals surface area (Å²) in [6.07, 6.45) is 3.56. The minimum Gasteiger partial charge on any atom is -0.296 e. The average Bonchev–Trinajstić information content (AvgIpc) is 3.33. The summed E-state index contributed by atoms with van der Waals surface area (Å²) in [6, 6.07) is 19.7. The number of aryl methyl sites for hydroxylation is 2. The molecule has 3 aromatic rings. The molecule has 0 aliphatic carbocycles. The van der Waals surface area contributed by atoms with Gasteiger partial charge in [-0.3, -0.25) is 4.90 Å². The smallest absolute Gasteiger partial charge is 0.204 e. The van der Waals surface area contributed by atoms with Crippen molar-refractivity contribution in [3.63, 3.8) is 0 Å². The van der Waals surface area contributed by atoms with E-state index >= 15 is 0 Å². The van der Waals surface area contributed by atoms with E-state index in [4.69, 9.17) is 0 Å². The monoisotopic (exact) mass is 347 g/mol. The third-order valence-electron chi connectivity index (χ3n) is 5.11. The Balaban J connectivity index is 1.33. The van der Waals surface area contributed by atoms with E-state index in [1.807, 2.05) is 12.1 Å². The fraction of sp³-hybridized carbons (Fsp3) is 0.381. The minimum atomic E-state index is 0.558. The van der Waals surface area contributed by atoms with Crippen molar-refractivity contribution in [2.24, 2.45) is 0 Å². The van der Waals surface area contributed by atoms with E-state index in [9.17, 15) is 0 Å². The van der Waals surface area contributed by atoms with Gasteiger partial charge in [-0.2, -0.15) is 4.80 Å². The zero-order chi connectivity index (χ0) is 17.8. The lowest BCUT2D eigenvalue weighted by atomic mass is 10.0. The molecule has 5 heteroatoms. The summed E-state index contributed by atoms with van der Waals surface area (Å²) < 4.78 is 0. The molecule has 0 amide bonds. The molecule has 0 radical (unpaired) electrons. The molecule has 1 unspecified atom stereocenters. The summed E-state index contributed by atoms with van der Waals surface area (Å²) in [4.78, 5) is 4.32. The van der Waals surface area contributed by atoms with E-state index in [0.717, 1.165) is 25.1 Å². The van der Waals surface area contributed by atoms with Crippen LogP contribution in [0.3, 0.4) is 0 Å². The summed E-state index contributed by atoms with van der Waals surface area (Å²) in [5.41, 5.74) is 3.69. The molecule has 1 aliphatic heterocycles. The number of likely N-dealkylation sites (tertiary alicyclic amines) is 1. The first kappa shape index (κ1) is 16.9. The Kier molecular flexibility index (Phi) is 5.07. The van der Waals surface area contributed by atoms with Crippen molar-refractivity contribution in [3.05, 3.63) is 65.7 Å². The second kappa shape index (κ2) is 7.79. The Morgan fingerprint density at radius 3 is 2.62 bits per heavy atom. The number of tetrazole rings is 1. The molecule has 2 aromatic carbocycles. The van der Waals surface area contributed by atoms with Crippen molar-refractivity contribution < 1.29 is 0 Å². The van der Waals surface area contributed by atoms with Gasteiger partial charge in [-0.1, -0.05) is 60.2 Å². The van der Waals surface area contributed by atoms with Crippen LogP contribution < -0.4 is 0 Å². The van der Waals surface area contributed by atoms with Crippen LogP contribution in [-0.2, 0) is 6.54 Å². The van der Waals surface area contributed by atoms with Crippen LogP contribution in [0.1, 0.15) is 36.4 Å². The molecular formula is C21H25N5. The SMILES string of the molecule is Cc1ccc(-c2nnn(CCCN3CCCC3c3ccccc3)n2)cc1. The number of benzene rings is 2. The summed E-state index contributed by atoms with van der Waals surface area (Å²) in [5.74, 6) is 0.702. The Bertz CT molecular complexity index is 825. The lowest BCUT2D eigenvalue weighted by molar-refractivity contribution is 0.245. The van der Waals surface area contributed by atoms with Crippen LogP contribution in [0.15, 0.2) is 54.6 Å². The molecule has 1 saturated heterocycles. The van der Waals surface area contributed by atoms with Gasteiger partial charge >= 0.3 is 0 Å². The lowest BCUT2D eigenvalue weighted by Crippen LogP contribution is -2.25. The second-order valence-corrected chi connectivity index (χ2v) is 7.03. The lowest BCUT2D eigenvalue weighted by Gasteiger charge is -2.24. The predicted octanol–water partition coefficient (Wildman–Crippen LogP) is 3.88. The Hall–Kier alpha value is -2.53. The molecule has 0 bridgehead atoms. The van der Waals surface area contributed by atoms with E-state index in [0.29, 0.717) is 11.9 Å². The minimum absolute atomic E-state index is 0.558. The maximum atomic E-state index is 4.53. The molecule has 1 aromatic heterocycles. The van der Waals surface area contributed by atoms with Gasteiger partial charge in [0, 0.05) is 18.2 Å². The summed E-state index contributed by atoms with van der Waals surface area (Å²) in [5, 5.41) is 12.9. The highest BCUT2D eigenvalue weighted by molar-refractivity contribution is 5.53. The highest BCUT2D eigenvalue weighted by Gasteiger charge is 2.25. The third-order valence-corrected chi connectivity index (χ3v) is 5.11. The highest BCUT2D eigenvalue weighted by Crippen LogP contribution is 2.31. The predicted molar refractivity (Wildman–Crippen MR) is 103 cm³/mol. The van der Waals surface area contributed by atoms with Gasteiger partial charge < -0.3 is 0 Å². The topological polar surface area (TPSA) is 46.8 Å². The Morgan fingerprint density at radius 1 is 1.00 bits per heavy atom. The molecule has 0 saturated carbocycles. The van der Waals surface area contributed by atoms with Gasteiger partial charge in [-0.25, -0.2) is 0 Å². The van der Waals surface area contributed by atoms with E-state index in [2.05, 4.69) is 69.7 Å². The molecule has 1 fully saturated rings. The summed E-state index contributed by atoms with van der Waals surface area (Å²) in [7, 11) is 0. The van der Waals surface area contributed by atoms with Crippen molar-refractivity contribution in [1.29, 1.82) is 0 Å². The van der Waals surface area contributed by atoms with Crippen LogP contribution in [0.25, 0.3) is 11.4 Å². The van der Waals surface area contributed by atoms with Gasteiger partial charge in [0.15, 0.2) is 0 Å². The Morgan fingerprint density at radius 2 is 1.81 bits per heavy atom. The number of rotatable bonds is 6. The summed E-state index contributed by atoms with van der Waals surface area (Å²) in [6.45, 7) is 5.13. The molecule has 4 rings (SSSR count). The standard InChI is InChI=1S/C21H25N5/c1-17-10-12-19(13-11-17)21-22-24-26(23-21)16-6-15-25-14-5-9-20(25)18-7-3-2-4-8-18/h2-4,7-8,10-13,20H,5-6,9,14-16H2,1H3. The van der Waals surface area contributed by atoms with Gasteiger partial charge in [0.2, 0.25) is 5.82 Å². The van der Waals surface area contributed by atoms with Gasteiger partial charge in [-0.15, -0.1) is 10.2 Å². The highest BCUT2D eigenvalue weighted by atomic mass is 15.6. The first-order chi connectivity index (χ1) is 12.8. The van der Waals surface area contributed by atoms with Crippen molar-refractivity contribution in [2.75, 3.05) is 13.1 Å². The molecule has 5 nitrogen and oxygen atoms in total. The van der Waals surface area contributed by atoms with Crippen LogP contribution in [-0.4, -0.2) is 38.2 Å². The van der Waals surface area contributed by atoms with Gasteiger partial charge in [0.25, 0.3) is 0 Å². The van der Waals surface area contributed by atoms with E-state index < -0.39 is 0 Å². The number of nitrogens with zero attached hydrogens (tertiary/aromatic N) is 5. The van der Waals surface area contributed by atoms with Crippen LogP contribution in [0.2, 0.25) is 0 Å². The molecule has 134 valence electrons. The van der Waals surface area contributed by atoms with Crippen LogP contribution >= 0.6 is 0 Å². The fourth-order valence-electron chi connectivity index (χ4n) is 3.72. The van der Waals surface area contributed by atoms with Crippen LogP contribution in [0, 0.1) is 6.92 Å². The van der Waals surface area contributed by atoms with Gasteiger partial charge in [0.1, 0.15) is 0 Å². The van der Waals surface area contributed by atoms with E-state index in [1.165, 1.54) is 30.5 Å². The van der Waals surface area contributed by atoms with E-state index in [1.54, 1.807) is 4.80 Å². The molecule has 1 aliphatic rings. The molecule has 26 heavy (non-hydrogen) atoms. The molecular weight excluding hydrogens is 322 g/mol. The average molecular weight is 347 g/mol. The largest absolute Gasteiger partial charge is 0.296 e. The first-order valence-electron chi connectivity index (χ1n) is 9.43. The second-order valence-electron chi connectivity index (χ2n) is 7.03. The Labute approximate surface area is 154 Å². The van der Waals surface area contributed by atoms with Crippen molar-refractivity contribution in [1.82, 2.24) is 25.1 Å². The van der Waals surface area contributed by atoms with E-state index in [-0.39, 0.29) is 0 Å². The summed E-state index contributed by atoms with van der Waals surface area (Å²) >= 11 is 0. The molecule has 0 spiro atoms. The molecule has 1 atom stereocenters. The number of hydrogen-bond donors (Lipinski definition) is 0. The zero-order valence-corrected chi connectivity index (χ0v) is 15.3. The molecule has 0 N–H and O–H groups in total. The first-order valence-corrected chi connectivity index (χ1v) is 9.43. The van der Waals surface area contributed by atoms with Crippen molar-refractivity contribution in [2.45, 2.75) is 38.8 Å². The van der Waals surface area contributed by atoms with Crippen LogP contribution in [0.5, 0.6) is 0 Å². The fourth-order valence-corrected chi connectivity index (χ4v) is 3.72. The normalized spacial score (nSPS) is 17.7. The molecule has 2 heterocycles. The van der Waals surface area contributed by atoms with Crippen LogP contribution in [0.4, 0.5) is 0 Å². The van der Waals surface area contributed by atoms with Gasteiger partial charge in [0.05, 0.1) is 6.54 Å². The van der Waals surface area contributed by atoms with Crippen molar-refractivity contribution in [3.8, 4) is 11.4 Å². The van der Waals surface area contributed by atoms with Gasteiger partial charge in [-0.05, 0) is 43.5 Å². The maximum Gasteiger partial charge on any atom is 0.204 e. The maximum absolute atomic E-state index is 4.53. The zero-order valence-electron chi connectivity index (χ0n) is 15.3. The quantitative estimate of drug-likeness (QED) is 0.679. The third kappa shape index (κ3) is 3.83. The number of aromatic nitrogens is 4. The van der Waals surface area contributed by atoms with Crippen molar-refractivity contribution >= 4 is 0 Å². The number of hydrogen-bond acceptors (Lipinski definition) is 4.